The zero-order valence-electron chi connectivity index (χ0n) is 13.1. The third-order valence-electron chi connectivity index (χ3n) is 3.16. The molecule has 0 radical (unpaired) electrons. The summed E-state index contributed by atoms with van der Waals surface area (Å²) in [5.74, 6) is -1.52. The van der Waals surface area contributed by atoms with Gasteiger partial charge in [0.25, 0.3) is 5.91 Å². The van der Waals surface area contributed by atoms with Gasteiger partial charge >= 0.3 is 5.97 Å². The highest BCUT2D eigenvalue weighted by Gasteiger charge is 2.15. The van der Waals surface area contributed by atoms with Crippen molar-refractivity contribution in [3.8, 4) is 0 Å². The number of carboxylic acid groups (broad SMARTS) is 1. The van der Waals surface area contributed by atoms with Crippen LogP contribution in [0.1, 0.15) is 21.6 Å². The van der Waals surface area contributed by atoms with Gasteiger partial charge in [-0.3, -0.25) is 9.59 Å². The van der Waals surface area contributed by atoms with Crippen LogP contribution in [0.5, 0.6) is 0 Å². The number of carbonyl (C=O) groups is 2. The molecule has 0 atom stereocenters. The van der Waals surface area contributed by atoms with Crippen molar-refractivity contribution < 1.29 is 23.1 Å². The predicted molar refractivity (Wildman–Crippen MR) is 83.1 cm³/mol. The van der Waals surface area contributed by atoms with E-state index in [2.05, 4.69) is 15.6 Å². The first kappa shape index (κ1) is 17.6. The Morgan fingerprint density at radius 1 is 1.33 bits per heavy atom. The molecule has 128 valence electrons. The number of sulfone groups is 1. The van der Waals surface area contributed by atoms with Crippen LogP contribution in [0.4, 0.5) is 0 Å². The van der Waals surface area contributed by atoms with Crippen molar-refractivity contribution in [2.24, 2.45) is 0 Å². The molecule has 2 rings (SSSR count). The van der Waals surface area contributed by atoms with E-state index in [4.69, 9.17) is 5.11 Å². The fourth-order valence-corrected chi connectivity index (χ4v) is 3.04. The quantitative estimate of drug-likeness (QED) is 0.748. The van der Waals surface area contributed by atoms with Gasteiger partial charge < -0.3 is 10.4 Å². The minimum absolute atomic E-state index is 0.0422. The number of carboxylic acids is 1. The van der Waals surface area contributed by atoms with E-state index in [1.165, 1.54) is 18.3 Å². The van der Waals surface area contributed by atoms with Gasteiger partial charge in [0, 0.05) is 11.8 Å². The first-order valence-corrected chi connectivity index (χ1v) is 8.75. The molecule has 0 bridgehead atoms. The maximum absolute atomic E-state index is 12.1. The van der Waals surface area contributed by atoms with Crippen molar-refractivity contribution in [3.05, 3.63) is 41.2 Å². The molecule has 10 heteroatoms. The average molecular weight is 352 g/mol. The molecule has 0 aliphatic heterocycles. The number of hydrogen-bond acceptors (Lipinski definition) is 6. The lowest BCUT2D eigenvalue weighted by atomic mass is 10.1. The Kier molecular flexibility index (Phi) is 4.98. The third kappa shape index (κ3) is 4.38. The number of carbonyl (C=O) groups excluding carboxylic acids is 1. The summed E-state index contributed by atoms with van der Waals surface area (Å²) >= 11 is 0. The van der Waals surface area contributed by atoms with E-state index in [1.54, 1.807) is 13.0 Å². The number of aliphatic carboxylic acids is 1. The van der Waals surface area contributed by atoms with E-state index in [0.717, 1.165) is 10.9 Å². The van der Waals surface area contributed by atoms with Gasteiger partial charge in [-0.2, -0.15) is 0 Å². The number of aromatic nitrogens is 3. The molecule has 1 heterocycles. The smallest absolute Gasteiger partial charge is 0.325 e. The molecule has 0 unspecified atom stereocenters. The summed E-state index contributed by atoms with van der Waals surface area (Å²) in [7, 11) is -3.43. The van der Waals surface area contributed by atoms with Crippen molar-refractivity contribution in [2.75, 3.05) is 6.26 Å². The molecule has 0 saturated heterocycles. The second kappa shape index (κ2) is 6.79. The SMILES string of the molecule is Cc1ccc(C(=O)NCc2cn(CC(=O)O)nn2)cc1S(C)(=O)=O. The van der Waals surface area contributed by atoms with Crippen LogP contribution >= 0.6 is 0 Å². The van der Waals surface area contributed by atoms with Crippen LogP contribution in [0.15, 0.2) is 29.3 Å². The zero-order valence-corrected chi connectivity index (χ0v) is 13.9. The van der Waals surface area contributed by atoms with E-state index < -0.39 is 21.7 Å². The van der Waals surface area contributed by atoms with Crippen molar-refractivity contribution in [2.45, 2.75) is 24.9 Å². The van der Waals surface area contributed by atoms with Gasteiger partial charge in [0.1, 0.15) is 12.2 Å². The molecule has 1 aromatic heterocycles. The molecule has 24 heavy (non-hydrogen) atoms. The Balaban J connectivity index is 2.08. The summed E-state index contributed by atoms with van der Waals surface area (Å²) < 4.78 is 24.5. The Hall–Kier alpha value is -2.75. The molecule has 1 aromatic carbocycles. The van der Waals surface area contributed by atoms with Gasteiger partial charge in [-0.15, -0.1) is 5.10 Å². The molecule has 9 nitrogen and oxygen atoms in total. The highest BCUT2D eigenvalue weighted by molar-refractivity contribution is 7.90. The number of rotatable bonds is 6. The van der Waals surface area contributed by atoms with Crippen molar-refractivity contribution in [1.82, 2.24) is 20.3 Å². The van der Waals surface area contributed by atoms with Gasteiger partial charge in [-0.05, 0) is 24.6 Å². The van der Waals surface area contributed by atoms with E-state index >= 15 is 0 Å². The molecule has 0 aliphatic carbocycles. The Morgan fingerprint density at radius 2 is 2.04 bits per heavy atom. The fraction of sp³-hybridized carbons (Fsp3) is 0.286. The molecular formula is C14H16N4O5S. The third-order valence-corrected chi connectivity index (χ3v) is 4.40. The molecule has 2 N–H and O–H groups in total. The van der Waals surface area contributed by atoms with Gasteiger partial charge in [-0.1, -0.05) is 11.3 Å². The van der Waals surface area contributed by atoms with Crippen molar-refractivity contribution in [1.29, 1.82) is 0 Å². The lowest BCUT2D eigenvalue weighted by molar-refractivity contribution is -0.137. The minimum Gasteiger partial charge on any atom is -0.480 e. The summed E-state index contributed by atoms with van der Waals surface area (Å²) in [6.45, 7) is 1.37. The molecular weight excluding hydrogens is 336 g/mol. The molecule has 0 spiro atoms. The highest BCUT2D eigenvalue weighted by Crippen LogP contribution is 2.17. The largest absolute Gasteiger partial charge is 0.480 e. The van der Waals surface area contributed by atoms with Crippen molar-refractivity contribution in [3.63, 3.8) is 0 Å². The van der Waals surface area contributed by atoms with E-state index in [1.807, 2.05) is 0 Å². The monoisotopic (exact) mass is 352 g/mol. The second-order valence-electron chi connectivity index (χ2n) is 5.24. The van der Waals surface area contributed by atoms with Crippen LogP contribution in [0, 0.1) is 6.92 Å². The van der Waals surface area contributed by atoms with Crippen LogP contribution in [0.2, 0.25) is 0 Å². The summed E-state index contributed by atoms with van der Waals surface area (Å²) in [6.07, 6.45) is 2.49. The second-order valence-corrected chi connectivity index (χ2v) is 7.22. The summed E-state index contributed by atoms with van der Waals surface area (Å²) in [5.41, 5.74) is 1.16. The standard InChI is InChI=1S/C14H16N4O5S/c1-9-3-4-10(5-12(9)24(2,22)23)14(21)15-6-11-7-18(17-16-11)8-13(19)20/h3-5,7H,6,8H2,1-2H3,(H,15,21)(H,19,20). The number of amides is 1. The highest BCUT2D eigenvalue weighted by atomic mass is 32.2. The van der Waals surface area contributed by atoms with Crippen LogP contribution < -0.4 is 5.32 Å². The van der Waals surface area contributed by atoms with Gasteiger partial charge in [0.2, 0.25) is 0 Å². The maximum atomic E-state index is 12.1. The Bertz CT molecular complexity index is 888. The van der Waals surface area contributed by atoms with E-state index in [-0.39, 0.29) is 23.5 Å². The van der Waals surface area contributed by atoms with Crippen LogP contribution in [0.25, 0.3) is 0 Å². The summed E-state index contributed by atoms with van der Waals surface area (Å²) in [5, 5.41) is 18.6. The molecule has 2 aromatic rings. The van der Waals surface area contributed by atoms with Gasteiger partial charge in [-0.25, -0.2) is 13.1 Å². The van der Waals surface area contributed by atoms with E-state index in [0.29, 0.717) is 11.3 Å². The number of benzene rings is 1. The Morgan fingerprint density at radius 3 is 2.67 bits per heavy atom. The van der Waals surface area contributed by atoms with Crippen LogP contribution in [-0.2, 0) is 27.7 Å². The number of hydrogen-bond donors (Lipinski definition) is 2. The van der Waals surface area contributed by atoms with Crippen molar-refractivity contribution >= 4 is 21.7 Å². The molecule has 1 amide bonds. The number of nitrogens with one attached hydrogen (secondary N) is 1. The number of aryl methyl sites for hydroxylation is 1. The lowest BCUT2D eigenvalue weighted by Crippen LogP contribution is -2.23. The zero-order chi connectivity index (χ0) is 17.9. The summed E-state index contributed by atoms with van der Waals surface area (Å²) in [6, 6.07) is 4.41. The Labute approximate surface area is 138 Å². The topological polar surface area (TPSA) is 131 Å². The normalized spacial score (nSPS) is 11.2. The summed E-state index contributed by atoms with van der Waals surface area (Å²) in [4.78, 5) is 22.8. The van der Waals surface area contributed by atoms with Gasteiger partial charge in [0.05, 0.1) is 17.6 Å². The maximum Gasteiger partial charge on any atom is 0.325 e. The van der Waals surface area contributed by atoms with Crippen LogP contribution in [-0.4, -0.2) is 46.7 Å². The fourth-order valence-electron chi connectivity index (χ4n) is 2.05. The van der Waals surface area contributed by atoms with Crippen LogP contribution in [0.3, 0.4) is 0 Å². The number of nitrogens with zero attached hydrogens (tertiary/aromatic N) is 3. The first-order chi connectivity index (χ1) is 11.2. The molecule has 0 aliphatic rings. The first-order valence-electron chi connectivity index (χ1n) is 6.86. The van der Waals surface area contributed by atoms with E-state index in [9.17, 15) is 18.0 Å². The average Bonchev–Trinajstić information content (AvgIpc) is 2.90. The van der Waals surface area contributed by atoms with Gasteiger partial charge in [0.15, 0.2) is 9.84 Å². The predicted octanol–water partition coefficient (Wildman–Crippen LogP) is 0.00462. The lowest BCUT2D eigenvalue weighted by Gasteiger charge is -2.07. The molecule has 0 saturated carbocycles. The molecule has 0 fully saturated rings. The minimum atomic E-state index is -3.43.